The summed E-state index contributed by atoms with van der Waals surface area (Å²) in [5.41, 5.74) is 0.555. The first kappa shape index (κ1) is 16.5. The van der Waals surface area contributed by atoms with Gasteiger partial charge in [-0.2, -0.15) is 0 Å². The molecule has 1 aliphatic rings. The zero-order valence-corrected chi connectivity index (χ0v) is 13.1. The predicted octanol–water partition coefficient (Wildman–Crippen LogP) is 2.13. The average Bonchev–Trinajstić information content (AvgIpc) is 2.85. The van der Waals surface area contributed by atoms with Crippen LogP contribution < -0.4 is 5.32 Å². The van der Waals surface area contributed by atoms with E-state index in [1.54, 1.807) is 18.2 Å². The Morgan fingerprint density at radius 3 is 2.77 bits per heavy atom. The van der Waals surface area contributed by atoms with E-state index in [0.29, 0.717) is 31.5 Å². The number of rotatable bonds is 6. The standard InChI is InChI=1S/C17H23FN2O2/c1-12(2)20-11-13(9-17(20)22)10-19-16(21)8-7-14-5-3-4-6-15(14)18/h3-6,12-13H,7-11H2,1-2H3,(H,19,21). The molecule has 0 radical (unpaired) electrons. The predicted molar refractivity (Wildman–Crippen MR) is 82.7 cm³/mol. The second kappa shape index (κ2) is 7.38. The van der Waals surface area contributed by atoms with Gasteiger partial charge >= 0.3 is 0 Å². The maximum absolute atomic E-state index is 13.5. The maximum Gasteiger partial charge on any atom is 0.223 e. The molecular formula is C17H23FN2O2. The molecular weight excluding hydrogens is 283 g/mol. The number of nitrogens with zero attached hydrogens (tertiary/aromatic N) is 1. The Labute approximate surface area is 130 Å². The first-order valence-electron chi connectivity index (χ1n) is 7.77. The van der Waals surface area contributed by atoms with Gasteiger partial charge in [0.25, 0.3) is 0 Å². The third-order valence-electron chi connectivity index (χ3n) is 4.03. The lowest BCUT2D eigenvalue weighted by Crippen LogP contribution is -2.34. The number of halogens is 1. The molecule has 1 atom stereocenters. The summed E-state index contributed by atoms with van der Waals surface area (Å²) in [6.07, 6.45) is 1.14. The van der Waals surface area contributed by atoms with E-state index in [2.05, 4.69) is 5.32 Å². The van der Waals surface area contributed by atoms with Gasteiger partial charge in [0.15, 0.2) is 0 Å². The van der Waals surface area contributed by atoms with Gasteiger partial charge in [0.2, 0.25) is 11.8 Å². The van der Waals surface area contributed by atoms with E-state index in [0.717, 1.165) is 0 Å². The summed E-state index contributed by atoms with van der Waals surface area (Å²) in [7, 11) is 0. The Morgan fingerprint density at radius 2 is 2.14 bits per heavy atom. The van der Waals surface area contributed by atoms with Crippen LogP contribution in [-0.2, 0) is 16.0 Å². The fourth-order valence-corrected chi connectivity index (χ4v) is 2.74. The van der Waals surface area contributed by atoms with Crippen LogP contribution in [0.3, 0.4) is 0 Å². The topological polar surface area (TPSA) is 49.4 Å². The van der Waals surface area contributed by atoms with Gasteiger partial charge in [-0.1, -0.05) is 18.2 Å². The van der Waals surface area contributed by atoms with Gasteiger partial charge in [-0.15, -0.1) is 0 Å². The Morgan fingerprint density at radius 1 is 1.41 bits per heavy atom. The number of nitrogens with one attached hydrogen (secondary N) is 1. The summed E-state index contributed by atoms with van der Waals surface area (Å²) in [5, 5.41) is 2.85. The zero-order valence-electron chi connectivity index (χ0n) is 13.1. The molecule has 2 amide bonds. The molecule has 120 valence electrons. The van der Waals surface area contributed by atoms with E-state index in [-0.39, 0.29) is 36.0 Å². The highest BCUT2D eigenvalue weighted by molar-refractivity contribution is 5.79. The van der Waals surface area contributed by atoms with Gasteiger partial charge in [-0.25, -0.2) is 4.39 Å². The minimum Gasteiger partial charge on any atom is -0.356 e. The van der Waals surface area contributed by atoms with Gasteiger partial charge in [0, 0.05) is 37.9 Å². The normalized spacial score (nSPS) is 18.1. The second-order valence-electron chi connectivity index (χ2n) is 6.11. The maximum atomic E-state index is 13.5. The third-order valence-corrected chi connectivity index (χ3v) is 4.03. The van der Waals surface area contributed by atoms with Crippen LogP contribution >= 0.6 is 0 Å². The highest BCUT2D eigenvalue weighted by atomic mass is 19.1. The Hall–Kier alpha value is -1.91. The summed E-state index contributed by atoms with van der Waals surface area (Å²) in [6, 6.07) is 6.70. The van der Waals surface area contributed by atoms with Crippen molar-refractivity contribution in [2.24, 2.45) is 5.92 Å². The van der Waals surface area contributed by atoms with Crippen molar-refractivity contribution in [2.75, 3.05) is 13.1 Å². The monoisotopic (exact) mass is 306 g/mol. The lowest BCUT2D eigenvalue weighted by Gasteiger charge is -2.21. The van der Waals surface area contributed by atoms with E-state index in [4.69, 9.17) is 0 Å². The minimum absolute atomic E-state index is 0.0984. The average molecular weight is 306 g/mol. The molecule has 1 N–H and O–H groups in total. The van der Waals surface area contributed by atoms with Crippen molar-refractivity contribution in [3.8, 4) is 0 Å². The molecule has 1 unspecified atom stereocenters. The molecule has 0 saturated carbocycles. The van der Waals surface area contributed by atoms with E-state index < -0.39 is 0 Å². The molecule has 0 aromatic heterocycles. The SMILES string of the molecule is CC(C)N1CC(CNC(=O)CCc2ccccc2F)CC1=O. The fraction of sp³-hybridized carbons (Fsp3) is 0.529. The van der Waals surface area contributed by atoms with Crippen molar-refractivity contribution in [3.05, 3.63) is 35.6 Å². The van der Waals surface area contributed by atoms with Crippen molar-refractivity contribution in [2.45, 2.75) is 39.2 Å². The fourth-order valence-electron chi connectivity index (χ4n) is 2.74. The number of carbonyl (C=O) groups is 2. The van der Waals surface area contributed by atoms with Crippen LogP contribution in [0.1, 0.15) is 32.3 Å². The van der Waals surface area contributed by atoms with Crippen molar-refractivity contribution in [1.82, 2.24) is 10.2 Å². The lowest BCUT2D eigenvalue weighted by molar-refractivity contribution is -0.129. The Bertz CT molecular complexity index is 545. The number of amides is 2. The molecule has 1 aromatic rings. The van der Waals surface area contributed by atoms with Crippen LogP contribution in [0.2, 0.25) is 0 Å². The smallest absolute Gasteiger partial charge is 0.223 e. The Balaban J connectivity index is 1.73. The van der Waals surface area contributed by atoms with Gasteiger partial charge in [0.05, 0.1) is 0 Å². The molecule has 2 rings (SSSR count). The quantitative estimate of drug-likeness (QED) is 0.875. The van der Waals surface area contributed by atoms with Gasteiger partial charge in [0.1, 0.15) is 5.82 Å². The van der Waals surface area contributed by atoms with Crippen molar-refractivity contribution in [3.63, 3.8) is 0 Å². The number of hydrogen-bond acceptors (Lipinski definition) is 2. The molecule has 1 saturated heterocycles. The van der Waals surface area contributed by atoms with Gasteiger partial charge in [-0.05, 0) is 31.9 Å². The summed E-state index contributed by atoms with van der Waals surface area (Å²) in [6.45, 7) is 5.19. The van der Waals surface area contributed by atoms with Crippen LogP contribution in [0.25, 0.3) is 0 Å². The molecule has 22 heavy (non-hydrogen) atoms. The minimum atomic E-state index is -0.274. The largest absolute Gasteiger partial charge is 0.356 e. The summed E-state index contributed by atoms with van der Waals surface area (Å²) < 4.78 is 13.5. The molecule has 4 nitrogen and oxygen atoms in total. The van der Waals surface area contributed by atoms with Crippen LogP contribution in [0.5, 0.6) is 0 Å². The number of carbonyl (C=O) groups excluding carboxylic acids is 2. The van der Waals surface area contributed by atoms with Crippen LogP contribution in [0.15, 0.2) is 24.3 Å². The highest BCUT2D eigenvalue weighted by Crippen LogP contribution is 2.19. The Kier molecular flexibility index (Phi) is 5.52. The summed E-state index contributed by atoms with van der Waals surface area (Å²) in [4.78, 5) is 25.5. The van der Waals surface area contributed by atoms with Gasteiger partial charge < -0.3 is 10.2 Å². The molecule has 1 aromatic carbocycles. The third kappa shape index (κ3) is 4.29. The number of benzene rings is 1. The number of likely N-dealkylation sites (tertiary alicyclic amines) is 1. The zero-order chi connectivity index (χ0) is 16.1. The molecule has 1 aliphatic heterocycles. The van der Waals surface area contributed by atoms with Crippen molar-refractivity contribution >= 4 is 11.8 Å². The van der Waals surface area contributed by atoms with E-state index >= 15 is 0 Å². The van der Waals surface area contributed by atoms with E-state index in [1.807, 2.05) is 18.7 Å². The summed E-state index contributed by atoms with van der Waals surface area (Å²) in [5.74, 6) is -0.0455. The molecule has 0 bridgehead atoms. The number of hydrogen-bond donors (Lipinski definition) is 1. The highest BCUT2D eigenvalue weighted by Gasteiger charge is 2.30. The van der Waals surface area contributed by atoms with E-state index in [1.165, 1.54) is 6.07 Å². The van der Waals surface area contributed by atoms with Crippen molar-refractivity contribution in [1.29, 1.82) is 0 Å². The lowest BCUT2D eigenvalue weighted by atomic mass is 10.1. The van der Waals surface area contributed by atoms with Crippen LogP contribution in [0, 0.1) is 11.7 Å². The van der Waals surface area contributed by atoms with E-state index in [9.17, 15) is 14.0 Å². The molecule has 0 spiro atoms. The first-order valence-corrected chi connectivity index (χ1v) is 7.77. The number of aryl methyl sites for hydroxylation is 1. The van der Waals surface area contributed by atoms with Crippen LogP contribution in [-0.4, -0.2) is 35.8 Å². The molecule has 1 fully saturated rings. The second-order valence-corrected chi connectivity index (χ2v) is 6.11. The first-order chi connectivity index (χ1) is 10.5. The molecule has 5 heteroatoms. The van der Waals surface area contributed by atoms with Gasteiger partial charge in [-0.3, -0.25) is 9.59 Å². The molecule has 0 aliphatic carbocycles. The van der Waals surface area contributed by atoms with Crippen LogP contribution in [0.4, 0.5) is 4.39 Å². The molecule has 1 heterocycles. The summed E-state index contributed by atoms with van der Waals surface area (Å²) >= 11 is 0. The van der Waals surface area contributed by atoms with Crippen molar-refractivity contribution < 1.29 is 14.0 Å².